The van der Waals surface area contributed by atoms with Gasteiger partial charge in [-0.25, -0.2) is 14.6 Å². The molecule has 2 atom stereocenters. The van der Waals surface area contributed by atoms with Crippen LogP contribution in [0, 0.1) is 0 Å². The molecule has 186 valence electrons. The van der Waals surface area contributed by atoms with Crippen molar-refractivity contribution in [1.29, 1.82) is 0 Å². The van der Waals surface area contributed by atoms with E-state index in [2.05, 4.69) is 4.98 Å². The Morgan fingerprint density at radius 2 is 0.972 bits per heavy atom. The van der Waals surface area contributed by atoms with Crippen molar-refractivity contribution in [2.45, 2.75) is 26.1 Å². The van der Waals surface area contributed by atoms with Gasteiger partial charge in [-0.15, -0.1) is 0 Å². The summed E-state index contributed by atoms with van der Waals surface area (Å²) in [6.45, 7) is 2.91. The number of hydrogen-bond acceptors (Lipinski definition) is 7. The van der Waals surface area contributed by atoms with Crippen LogP contribution >= 0.6 is 0 Å². The van der Waals surface area contributed by atoms with Crippen LogP contribution in [-0.4, -0.2) is 55.0 Å². The summed E-state index contributed by atoms with van der Waals surface area (Å²) in [5.74, 6) is -2.61. The zero-order chi connectivity index (χ0) is 26.2. The molecule has 36 heavy (non-hydrogen) atoms. The van der Waals surface area contributed by atoms with Crippen LogP contribution in [0.5, 0.6) is 0 Å². The predicted octanol–water partition coefficient (Wildman–Crippen LogP) is 3.50. The smallest absolute Gasteiger partial charge is 0.357 e. The van der Waals surface area contributed by atoms with Gasteiger partial charge in [0, 0.05) is 25.5 Å². The Bertz CT molecular complexity index is 1140. The number of ether oxygens (including phenoxy) is 2. The first-order valence-corrected chi connectivity index (χ1v) is 11.2. The van der Waals surface area contributed by atoms with Crippen molar-refractivity contribution < 1.29 is 28.7 Å². The number of amides is 2. The largest absolute Gasteiger partial charge is 0.448 e. The number of nitrogens with zero attached hydrogens (tertiary/aromatic N) is 3. The number of pyridine rings is 1. The van der Waals surface area contributed by atoms with Crippen LogP contribution < -0.4 is 9.80 Å². The number of hydrogen-bond donors (Lipinski definition) is 0. The number of aromatic nitrogens is 1. The molecule has 2 amide bonds. The molecule has 0 aliphatic rings. The van der Waals surface area contributed by atoms with E-state index in [1.807, 2.05) is 12.1 Å². The molecule has 1 heterocycles. The second-order valence-corrected chi connectivity index (χ2v) is 7.97. The van der Waals surface area contributed by atoms with Gasteiger partial charge in [-0.1, -0.05) is 42.5 Å². The van der Waals surface area contributed by atoms with E-state index >= 15 is 0 Å². The SMILES string of the molecule is C[C@H](OC(=O)c1cccc(C(=O)O[C@H](C)C(=O)N(C)c2ccccc2)n1)C(=O)N(C)c1ccccc1. The molecule has 9 heteroatoms. The molecule has 0 N–H and O–H groups in total. The summed E-state index contributed by atoms with van der Waals surface area (Å²) in [6, 6.07) is 22.0. The average Bonchev–Trinajstić information content (AvgIpc) is 2.92. The molecular weight excluding hydrogens is 462 g/mol. The Kier molecular flexibility index (Phi) is 8.51. The molecule has 0 saturated carbocycles. The molecule has 0 bridgehead atoms. The topological polar surface area (TPSA) is 106 Å². The van der Waals surface area contributed by atoms with Gasteiger partial charge in [0.25, 0.3) is 11.8 Å². The molecule has 2 aromatic carbocycles. The second kappa shape index (κ2) is 11.7. The van der Waals surface area contributed by atoms with Gasteiger partial charge in [0.1, 0.15) is 11.4 Å². The van der Waals surface area contributed by atoms with Crippen molar-refractivity contribution in [3.63, 3.8) is 0 Å². The third-order valence-electron chi connectivity index (χ3n) is 5.38. The van der Waals surface area contributed by atoms with Crippen molar-refractivity contribution in [3.8, 4) is 0 Å². The van der Waals surface area contributed by atoms with Crippen molar-refractivity contribution in [2.24, 2.45) is 0 Å². The summed E-state index contributed by atoms with van der Waals surface area (Å²) in [5, 5.41) is 0. The van der Waals surface area contributed by atoms with E-state index in [4.69, 9.17) is 9.47 Å². The van der Waals surface area contributed by atoms with E-state index in [0.29, 0.717) is 11.4 Å². The minimum atomic E-state index is -1.09. The fraction of sp³-hybridized carbons (Fsp3) is 0.222. The monoisotopic (exact) mass is 489 g/mol. The van der Waals surface area contributed by atoms with E-state index in [9.17, 15) is 19.2 Å². The normalized spacial score (nSPS) is 12.1. The lowest BCUT2D eigenvalue weighted by molar-refractivity contribution is -0.126. The van der Waals surface area contributed by atoms with E-state index in [0.717, 1.165) is 0 Å². The van der Waals surface area contributed by atoms with Crippen LogP contribution in [0.1, 0.15) is 34.8 Å². The highest BCUT2D eigenvalue weighted by Gasteiger charge is 2.26. The highest BCUT2D eigenvalue weighted by molar-refractivity contribution is 6.00. The zero-order valence-corrected chi connectivity index (χ0v) is 20.5. The third-order valence-corrected chi connectivity index (χ3v) is 5.38. The van der Waals surface area contributed by atoms with Gasteiger partial charge < -0.3 is 19.3 Å². The Morgan fingerprint density at radius 3 is 1.33 bits per heavy atom. The Balaban J connectivity index is 1.62. The number of rotatable bonds is 8. The number of carbonyl (C=O) groups is 4. The van der Waals surface area contributed by atoms with Crippen LogP contribution in [0.25, 0.3) is 0 Å². The third kappa shape index (κ3) is 6.32. The molecule has 0 spiro atoms. The van der Waals surface area contributed by atoms with Crippen molar-refractivity contribution >= 4 is 35.1 Å². The van der Waals surface area contributed by atoms with Gasteiger partial charge in [0.2, 0.25) is 0 Å². The van der Waals surface area contributed by atoms with Crippen LogP contribution in [-0.2, 0) is 19.1 Å². The number of likely N-dealkylation sites (N-methyl/N-ethyl adjacent to an activating group) is 2. The van der Waals surface area contributed by atoms with Crippen LogP contribution in [0.4, 0.5) is 11.4 Å². The standard InChI is InChI=1S/C27H27N3O6/c1-18(24(31)29(3)20-12-7-5-8-13-20)35-26(33)22-16-11-17-23(28-22)27(34)36-19(2)25(32)30(4)21-14-9-6-10-15-21/h5-19H,1-4H3/t18-,19+. The van der Waals surface area contributed by atoms with Gasteiger partial charge in [-0.3, -0.25) is 9.59 Å². The van der Waals surface area contributed by atoms with Gasteiger partial charge in [0.05, 0.1) is 0 Å². The molecular formula is C27H27N3O6. The maximum absolute atomic E-state index is 12.6. The lowest BCUT2D eigenvalue weighted by Crippen LogP contribution is -2.38. The van der Waals surface area contributed by atoms with Crippen LogP contribution in [0.2, 0.25) is 0 Å². The molecule has 0 aliphatic heterocycles. The molecule has 0 radical (unpaired) electrons. The van der Waals surface area contributed by atoms with Crippen molar-refractivity contribution in [1.82, 2.24) is 4.98 Å². The molecule has 0 fully saturated rings. The van der Waals surface area contributed by atoms with Gasteiger partial charge in [-0.05, 0) is 50.2 Å². The second-order valence-electron chi connectivity index (χ2n) is 7.97. The number of benzene rings is 2. The Morgan fingerprint density at radius 1 is 0.611 bits per heavy atom. The summed E-state index contributed by atoms with van der Waals surface area (Å²) in [7, 11) is 3.16. The Labute approximate surface area is 209 Å². The lowest BCUT2D eigenvalue weighted by Gasteiger charge is -2.22. The van der Waals surface area contributed by atoms with E-state index < -0.39 is 36.0 Å². The molecule has 0 saturated heterocycles. The number of anilines is 2. The van der Waals surface area contributed by atoms with Crippen LogP contribution in [0.15, 0.2) is 78.9 Å². The number of esters is 2. The highest BCUT2D eigenvalue weighted by Crippen LogP contribution is 2.15. The molecule has 3 rings (SSSR count). The predicted molar refractivity (Wildman–Crippen MR) is 134 cm³/mol. The molecule has 0 aliphatic carbocycles. The summed E-state index contributed by atoms with van der Waals surface area (Å²) in [6.07, 6.45) is -2.18. The highest BCUT2D eigenvalue weighted by atomic mass is 16.6. The first kappa shape index (κ1) is 26.1. The van der Waals surface area contributed by atoms with E-state index in [1.54, 1.807) is 62.6 Å². The van der Waals surface area contributed by atoms with Gasteiger partial charge in [-0.2, -0.15) is 0 Å². The van der Waals surface area contributed by atoms with Crippen molar-refractivity contribution in [3.05, 3.63) is 90.3 Å². The first-order valence-electron chi connectivity index (χ1n) is 11.2. The number of para-hydroxylation sites is 2. The summed E-state index contributed by atoms with van der Waals surface area (Å²) in [5.41, 5.74) is 0.948. The molecule has 1 aromatic heterocycles. The lowest BCUT2D eigenvalue weighted by atomic mass is 10.2. The van der Waals surface area contributed by atoms with Crippen molar-refractivity contribution in [2.75, 3.05) is 23.9 Å². The molecule has 9 nitrogen and oxygen atoms in total. The maximum Gasteiger partial charge on any atom is 0.357 e. The van der Waals surface area contributed by atoms with E-state index in [-0.39, 0.29) is 11.4 Å². The minimum absolute atomic E-state index is 0.174. The number of carbonyl (C=O) groups excluding carboxylic acids is 4. The summed E-state index contributed by atoms with van der Waals surface area (Å²) in [4.78, 5) is 57.3. The fourth-order valence-corrected chi connectivity index (χ4v) is 3.31. The van der Waals surface area contributed by atoms with Crippen LogP contribution in [0.3, 0.4) is 0 Å². The fourth-order valence-electron chi connectivity index (χ4n) is 3.31. The van der Waals surface area contributed by atoms with Gasteiger partial charge in [0.15, 0.2) is 12.2 Å². The quantitative estimate of drug-likeness (QED) is 0.446. The maximum atomic E-state index is 12.6. The minimum Gasteiger partial charge on any atom is -0.448 e. The summed E-state index contributed by atoms with van der Waals surface area (Å²) >= 11 is 0. The Hall–Kier alpha value is -4.53. The summed E-state index contributed by atoms with van der Waals surface area (Å²) < 4.78 is 10.5. The van der Waals surface area contributed by atoms with Gasteiger partial charge >= 0.3 is 11.9 Å². The molecule has 0 unspecified atom stereocenters. The molecule has 3 aromatic rings. The van der Waals surface area contributed by atoms with E-state index in [1.165, 1.54) is 41.8 Å². The average molecular weight is 490 g/mol. The first-order chi connectivity index (χ1) is 17.2. The zero-order valence-electron chi connectivity index (χ0n) is 20.5.